The molecule has 4 rings (SSSR count). The van der Waals surface area contributed by atoms with Crippen LogP contribution in [-0.4, -0.2) is 41.7 Å². The second-order valence-electron chi connectivity index (χ2n) is 7.30. The summed E-state index contributed by atoms with van der Waals surface area (Å²) in [7, 11) is 1.34. The fourth-order valence-electron chi connectivity index (χ4n) is 3.44. The number of ether oxygens (including phenoxy) is 1. The van der Waals surface area contributed by atoms with Crippen molar-refractivity contribution in [3.05, 3.63) is 94.9 Å². The molecule has 2 heterocycles. The summed E-state index contributed by atoms with van der Waals surface area (Å²) in [4.78, 5) is 63.6. The van der Waals surface area contributed by atoms with Crippen LogP contribution in [0.15, 0.2) is 71.3 Å². The molecule has 0 aliphatic carbocycles. The van der Waals surface area contributed by atoms with Crippen LogP contribution in [0.4, 0.5) is 4.79 Å². The van der Waals surface area contributed by atoms with Gasteiger partial charge in [-0.3, -0.25) is 24.6 Å². The maximum atomic E-state index is 12.9. The van der Waals surface area contributed by atoms with Crippen molar-refractivity contribution in [1.82, 2.24) is 15.5 Å². The molecule has 1 aliphatic heterocycles. The van der Waals surface area contributed by atoms with Crippen molar-refractivity contribution in [3.8, 4) is 0 Å². The first-order chi connectivity index (χ1) is 16.4. The Hall–Kier alpha value is -4.73. The number of nitrogens with one attached hydrogen (secondary N) is 2. The Labute approximate surface area is 193 Å². The third kappa shape index (κ3) is 4.42. The van der Waals surface area contributed by atoms with E-state index in [0.717, 1.165) is 4.90 Å². The third-order valence-corrected chi connectivity index (χ3v) is 5.13. The first-order valence-electron chi connectivity index (χ1n) is 10.2. The molecule has 2 aromatic carbocycles. The van der Waals surface area contributed by atoms with E-state index < -0.39 is 35.8 Å². The fraction of sp³-hybridized carbons (Fsp3) is 0.125. The van der Waals surface area contributed by atoms with Crippen molar-refractivity contribution >= 4 is 29.7 Å². The number of urea groups is 1. The predicted molar refractivity (Wildman–Crippen MR) is 117 cm³/mol. The molecule has 2 N–H and O–H groups in total. The highest BCUT2D eigenvalue weighted by Crippen LogP contribution is 2.27. The van der Waals surface area contributed by atoms with Crippen LogP contribution in [0.1, 0.15) is 48.5 Å². The maximum Gasteiger partial charge on any atom is 0.339 e. The van der Waals surface area contributed by atoms with E-state index in [0.29, 0.717) is 11.3 Å². The number of esters is 1. The normalized spacial score (nSPS) is 13.3. The summed E-state index contributed by atoms with van der Waals surface area (Å²) in [5.74, 6) is -2.42. The molecule has 34 heavy (non-hydrogen) atoms. The molecule has 0 radical (unpaired) electrons. The first-order valence-corrected chi connectivity index (χ1v) is 10.2. The molecule has 1 atom stereocenters. The highest BCUT2D eigenvalue weighted by Gasteiger charge is 2.37. The fourth-order valence-corrected chi connectivity index (χ4v) is 3.44. The van der Waals surface area contributed by atoms with Crippen molar-refractivity contribution in [2.45, 2.75) is 12.6 Å². The van der Waals surface area contributed by atoms with Gasteiger partial charge >= 0.3 is 12.0 Å². The van der Waals surface area contributed by atoms with E-state index in [1.807, 2.05) is 0 Å². The predicted octanol–water partition coefficient (Wildman–Crippen LogP) is 2.43. The van der Waals surface area contributed by atoms with Crippen molar-refractivity contribution in [2.75, 3.05) is 7.05 Å². The van der Waals surface area contributed by atoms with Gasteiger partial charge in [0.2, 0.25) is 6.10 Å². The molecular formula is C24H19N3O7. The second-order valence-corrected chi connectivity index (χ2v) is 7.30. The van der Waals surface area contributed by atoms with Gasteiger partial charge in [-0.25, -0.2) is 9.59 Å². The van der Waals surface area contributed by atoms with Crippen LogP contribution in [0.2, 0.25) is 0 Å². The Morgan fingerprint density at radius 3 is 2.38 bits per heavy atom. The molecule has 0 bridgehead atoms. The average molecular weight is 461 g/mol. The van der Waals surface area contributed by atoms with E-state index in [1.54, 1.807) is 42.5 Å². The molecule has 1 aromatic heterocycles. The van der Waals surface area contributed by atoms with E-state index in [4.69, 9.17) is 9.15 Å². The molecule has 0 unspecified atom stereocenters. The number of carbonyl (C=O) groups is 5. The van der Waals surface area contributed by atoms with Gasteiger partial charge in [-0.1, -0.05) is 30.3 Å². The number of imide groups is 2. The second kappa shape index (κ2) is 9.41. The molecule has 10 heteroatoms. The molecule has 3 aromatic rings. The van der Waals surface area contributed by atoms with Crippen molar-refractivity contribution in [1.29, 1.82) is 0 Å². The largest absolute Gasteiger partial charge is 0.467 e. The Balaban J connectivity index is 1.57. The van der Waals surface area contributed by atoms with E-state index in [9.17, 15) is 24.0 Å². The van der Waals surface area contributed by atoms with Gasteiger partial charge in [0.15, 0.2) is 0 Å². The number of fused-ring (bicyclic) bond motifs is 1. The highest BCUT2D eigenvalue weighted by molar-refractivity contribution is 6.21. The van der Waals surface area contributed by atoms with Crippen molar-refractivity contribution in [3.63, 3.8) is 0 Å². The van der Waals surface area contributed by atoms with Gasteiger partial charge in [0.25, 0.3) is 17.7 Å². The third-order valence-electron chi connectivity index (χ3n) is 5.13. The maximum absolute atomic E-state index is 12.9. The lowest BCUT2D eigenvalue weighted by molar-refractivity contribution is -0.129. The van der Waals surface area contributed by atoms with Gasteiger partial charge in [-0.15, -0.1) is 0 Å². The zero-order valence-corrected chi connectivity index (χ0v) is 17.9. The molecule has 0 fully saturated rings. The van der Waals surface area contributed by atoms with Crippen LogP contribution in [0.5, 0.6) is 0 Å². The number of furan rings is 1. The molecule has 172 valence electrons. The summed E-state index contributed by atoms with van der Waals surface area (Å²) in [5.41, 5.74) is 0.491. The minimum atomic E-state index is -1.42. The number of benzene rings is 2. The summed E-state index contributed by atoms with van der Waals surface area (Å²) in [5, 5.41) is 4.34. The van der Waals surface area contributed by atoms with E-state index in [-0.39, 0.29) is 23.2 Å². The molecule has 0 spiro atoms. The summed E-state index contributed by atoms with van der Waals surface area (Å²) in [6.45, 7) is -0.0468. The molecule has 1 aliphatic rings. The van der Waals surface area contributed by atoms with Crippen LogP contribution >= 0.6 is 0 Å². The van der Waals surface area contributed by atoms with E-state index in [2.05, 4.69) is 10.6 Å². The van der Waals surface area contributed by atoms with Crippen LogP contribution < -0.4 is 10.6 Å². The zero-order chi connectivity index (χ0) is 24.2. The van der Waals surface area contributed by atoms with Crippen LogP contribution in [0.3, 0.4) is 0 Å². The summed E-state index contributed by atoms with van der Waals surface area (Å²) in [6.07, 6.45) is 0.0115. The first kappa shape index (κ1) is 22.5. The van der Waals surface area contributed by atoms with Crippen molar-refractivity contribution in [2.24, 2.45) is 0 Å². The van der Waals surface area contributed by atoms with Gasteiger partial charge in [0.05, 0.1) is 29.5 Å². The summed E-state index contributed by atoms with van der Waals surface area (Å²) >= 11 is 0. The minimum absolute atomic E-state index is 0.0339. The van der Waals surface area contributed by atoms with Crippen LogP contribution in [-0.2, 0) is 16.1 Å². The zero-order valence-electron chi connectivity index (χ0n) is 17.9. The molecule has 0 saturated carbocycles. The number of hydrogen-bond donors (Lipinski definition) is 2. The summed E-state index contributed by atoms with van der Waals surface area (Å²) in [6, 6.07) is 14.6. The topological polar surface area (TPSA) is 135 Å². The van der Waals surface area contributed by atoms with Gasteiger partial charge in [-0.05, 0) is 30.3 Å². The lowest BCUT2D eigenvalue weighted by Gasteiger charge is -2.17. The summed E-state index contributed by atoms with van der Waals surface area (Å²) < 4.78 is 10.6. The van der Waals surface area contributed by atoms with Gasteiger partial charge in [0, 0.05) is 12.6 Å². The Bertz CT molecular complexity index is 1270. The quantitative estimate of drug-likeness (QED) is 0.425. The highest BCUT2D eigenvalue weighted by atomic mass is 16.5. The average Bonchev–Trinajstić information content (AvgIpc) is 3.45. The monoisotopic (exact) mass is 461 g/mol. The number of nitrogens with zero attached hydrogens (tertiary/aromatic N) is 1. The van der Waals surface area contributed by atoms with Gasteiger partial charge in [-0.2, -0.15) is 0 Å². The Morgan fingerprint density at radius 2 is 1.71 bits per heavy atom. The lowest BCUT2D eigenvalue weighted by atomic mass is 10.1. The number of carbonyl (C=O) groups excluding carboxylic acids is 5. The Morgan fingerprint density at radius 1 is 0.971 bits per heavy atom. The molecule has 10 nitrogen and oxygen atoms in total. The van der Waals surface area contributed by atoms with Crippen LogP contribution in [0, 0.1) is 0 Å². The SMILES string of the molecule is CNC(=O)NC(=O)[C@@H](OC(=O)c1ccc2c(c1)C(=O)N(Cc1ccco1)C2=O)c1ccccc1. The molecule has 5 amide bonds. The Kier molecular flexibility index (Phi) is 6.22. The van der Waals surface area contributed by atoms with E-state index in [1.165, 1.54) is 31.5 Å². The molecule has 0 saturated heterocycles. The van der Waals surface area contributed by atoms with Gasteiger partial charge in [0.1, 0.15) is 5.76 Å². The van der Waals surface area contributed by atoms with Crippen LogP contribution in [0.25, 0.3) is 0 Å². The van der Waals surface area contributed by atoms with Gasteiger partial charge < -0.3 is 14.5 Å². The minimum Gasteiger partial charge on any atom is -0.467 e. The number of amides is 5. The standard InChI is InChI=1S/C24H19N3O7/c1-25-24(32)26-20(28)19(14-6-3-2-4-7-14)34-23(31)15-9-10-17-18(12-15)22(30)27(21(17)29)13-16-8-5-11-33-16/h2-12,19H,13H2,1H3,(H2,25,26,28,32)/t19-/m0/s1. The molecular weight excluding hydrogens is 442 g/mol. The number of rotatable bonds is 6. The smallest absolute Gasteiger partial charge is 0.339 e. The van der Waals surface area contributed by atoms with E-state index >= 15 is 0 Å². The lowest BCUT2D eigenvalue weighted by Crippen LogP contribution is -2.41. The number of hydrogen-bond acceptors (Lipinski definition) is 7. The van der Waals surface area contributed by atoms with Crippen molar-refractivity contribution < 1.29 is 33.1 Å².